The van der Waals surface area contributed by atoms with Gasteiger partial charge in [-0.05, 0) is 85.3 Å². The normalized spacial score (nSPS) is 14.8. The number of hydrogen-bond donors (Lipinski definition) is 0. The number of non-ortho nitro benzene ring substituents is 1. The summed E-state index contributed by atoms with van der Waals surface area (Å²) in [6, 6.07) is 18.4. The molecule has 1 atom stereocenters. The number of furan rings is 2. The summed E-state index contributed by atoms with van der Waals surface area (Å²) in [4.78, 5) is 43.1. The number of nitro benzene ring substituents is 1. The molecule has 1 aliphatic rings. The molecule has 0 amide bonds. The van der Waals surface area contributed by atoms with Crippen LogP contribution >= 0.6 is 33.9 Å². The van der Waals surface area contributed by atoms with Crippen LogP contribution < -0.4 is 14.9 Å². The second-order valence-electron chi connectivity index (χ2n) is 9.97. The van der Waals surface area contributed by atoms with E-state index in [1.165, 1.54) is 28.0 Å². The summed E-state index contributed by atoms with van der Waals surface area (Å²) in [5, 5.41) is 11.4. The Balaban J connectivity index is 1.47. The van der Waals surface area contributed by atoms with Crippen molar-refractivity contribution in [2.45, 2.75) is 26.8 Å². The minimum absolute atomic E-state index is 0.0809. The SMILES string of the molecule is CCOC(=O)C1=C(C)N=c2s/c(=C\c3ccc(-c4ccc(I)cc4)o3)c(=O)n2[C@@H]1c1ccc(-c2cc([N+](=O)[O-])ccc2C)o1. The summed E-state index contributed by atoms with van der Waals surface area (Å²) in [6.07, 6.45) is 1.65. The minimum Gasteiger partial charge on any atom is -0.463 e. The third-order valence-corrected chi connectivity index (χ3v) is 8.84. The van der Waals surface area contributed by atoms with Crippen LogP contribution in [0.15, 0.2) is 96.6 Å². The van der Waals surface area contributed by atoms with E-state index in [1.807, 2.05) is 37.3 Å². The molecule has 3 aromatic heterocycles. The van der Waals surface area contributed by atoms with E-state index in [0.717, 1.165) is 14.7 Å². The number of rotatable bonds is 7. The summed E-state index contributed by atoms with van der Waals surface area (Å²) < 4.78 is 20.5. The predicted molar refractivity (Wildman–Crippen MR) is 173 cm³/mol. The Kier molecular flexibility index (Phi) is 7.95. The Morgan fingerprint density at radius 2 is 1.84 bits per heavy atom. The first kappa shape index (κ1) is 29.5. The summed E-state index contributed by atoms with van der Waals surface area (Å²) in [5.41, 5.74) is 2.30. The molecule has 0 bridgehead atoms. The van der Waals surface area contributed by atoms with Crippen LogP contribution in [-0.4, -0.2) is 22.1 Å². The molecular weight excluding hydrogens is 697 g/mol. The molecule has 0 saturated heterocycles. The molecule has 0 unspecified atom stereocenters. The Bertz CT molecular complexity index is 2150. The second-order valence-corrected chi connectivity index (χ2v) is 12.2. The number of fused-ring (bicyclic) bond motifs is 1. The van der Waals surface area contributed by atoms with Gasteiger partial charge in [0.2, 0.25) is 0 Å². The third-order valence-electron chi connectivity index (χ3n) is 7.14. The van der Waals surface area contributed by atoms with Crippen molar-refractivity contribution in [3.05, 3.63) is 128 Å². The van der Waals surface area contributed by atoms with Gasteiger partial charge >= 0.3 is 5.97 Å². The van der Waals surface area contributed by atoms with Crippen molar-refractivity contribution in [1.29, 1.82) is 0 Å². The minimum atomic E-state index is -0.973. The number of aryl methyl sites for hydroxylation is 1. The quantitative estimate of drug-likeness (QED) is 0.0855. The number of carbonyl (C=O) groups excluding carboxylic acids is 1. The first-order valence-electron chi connectivity index (χ1n) is 13.5. The molecule has 44 heavy (non-hydrogen) atoms. The Hall–Kier alpha value is -4.56. The van der Waals surface area contributed by atoms with E-state index >= 15 is 0 Å². The zero-order chi connectivity index (χ0) is 31.1. The third kappa shape index (κ3) is 5.46. The van der Waals surface area contributed by atoms with Crippen LogP contribution in [0.2, 0.25) is 0 Å². The molecule has 0 spiro atoms. The van der Waals surface area contributed by atoms with Gasteiger partial charge in [0.05, 0.1) is 27.3 Å². The van der Waals surface area contributed by atoms with E-state index in [1.54, 1.807) is 44.2 Å². The van der Waals surface area contributed by atoms with Crippen LogP contribution in [-0.2, 0) is 9.53 Å². The number of ether oxygens (including phenoxy) is 1. The number of nitrogens with zero attached hydrogens (tertiary/aromatic N) is 3. The maximum Gasteiger partial charge on any atom is 0.338 e. The van der Waals surface area contributed by atoms with E-state index in [9.17, 15) is 19.7 Å². The Morgan fingerprint density at radius 1 is 1.09 bits per heavy atom. The van der Waals surface area contributed by atoms with Crippen molar-refractivity contribution in [1.82, 2.24) is 4.57 Å². The number of nitro groups is 1. The topological polar surface area (TPSA) is 130 Å². The summed E-state index contributed by atoms with van der Waals surface area (Å²) in [6.45, 7) is 5.33. The number of esters is 1. The number of benzene rings is 2. The molecule has 0 aliphatic carbocycles. The van der Waals surface area contributed by atoms with Crippen molar-refractivity contribution in [3.8, 4) is 22.6 Å². The number of aromatic nitrogens is 1. The first-order chi connectivity index (χ1) is 21.1. The van der Waals surface area contributed by atoms with E-state index in [2.05, 4.69) is 27.6 Å². The standard InChI is InChI=1S/C32H24IN3O7S/c1-4-41-31(38)28-18(3)34-32-35(29(28)26-14-13-25(43-26)23-15-21(36(39)40)10-5-17(23)2)30(37)27(44-32)16-22-11-12-24(42-22)19-6-8-20(33)9-7-19/h5-16,29H,4H2,1-3H3/b27-16-/t29-/m1/s1. The highest BCUT2D eigenvalue weighted by molar-refractivity contribution is 14.1. The molecule has 0 fully saturated rings. The lowest BCUT2D eigenvalue weighted by atomic mass is 10.0. The highest BCUT2D eigenvalue weighted by Crippen LogP contribution is 2.36. The average Bonchev–Trinajstić information content (AvgIpc) is 3.73. The maximum absolute atomic E-state index is 13.9. The van der Waals surface area contributed by atoms with Crippen LogP contribution in [0.25, 0.3) is 28.7 Å². The van der Waals surface area contributed by atoms with Gasteiger partial charge in [0.1, 0.15) is 29.1 Å². The highest BCUT2D eigenvalue weighted by atomic mass is 127. The van der Waals surface area contributed by atoms with Crippen molar-refractivity contribution < 1.29 is 23.3 Å². The van der Waals surface area contributed by atoms with Gasteiger partial charge in [0.15, 0.2) is 4.80 Å². The highest BCUT2D eigenvalue weighted by Gasteiger charge is 2.35. The van der Waals surface area contributed by atoms with Gasteiger partial charge in [-0.1, -0.05) is 29.5 Å². The largest absolute Gasteiger partial charge is 0.463 e. The number of hydrogen-bond acceptors (Lipinski definition) is 9. The molecular formula is C32H24IN3O7S. The van der Waals surface area contributed by atoms with Crippen LogP contribution in [0.3, 0.4) is 0 Å². The van der Waals surface area contributed by atoms with Crippen LogP contribution in [0.4, 0.5) is 5.69 Å². The molecule has 5 aromatic rings. The van der Waals surface area contributed by atoms with Crippen molar-refractivity contribution in [3.63, 3.8) is 0 Å². The van der Waals surface area contributed by atoms with Gasteiger partial charge in [-0.15, -0.1) is 0 Å². The average molecular weight is 722 g/mol. The smallest absolute Gasteiger partial charge is 0.338 e. The molecule has 222 valence electrons. The summed E-state index contributed by atoms with van der Waals surface area (Å²) >= 11 is 3.41. The van der Waals surface area contributed by atoms with Crippen LogP contribution in [0.1, 0.15) is 37.0 Å². The van der Waals surface area contributed by atoms with E-state index in [-0.39, 0.29) is 29.2 Å². The lowest BCUT2D eigenvalue weighted by Gasteiger charge is -2.22. The van der Waals surface area contributed by atoms with Crippen molar-refractivity contribution in [2.75, 3.05) is 6.61 Å². The molecule has 0 N–H and O–H groups in total. The lowest BCUT2D eigenvalue weighted by Crippen LogP contribution is -2.39. The first-order valence-corrected chi connectivity index (χ1v) is 15.4. The summed E-state index contributed by atoms with van der Waals surface area (Å²) in [5.74, 6) is 1.18. The molecule has 2 aromatic carbocycles. The molecule has 1 aliphatic heterocycles. The second kappa shape index (κ2) is 11.8. The van der Waals surface area contributed by atoms with Crippen LogP contribution in [0.5, 0.6) is 0 Å². The fraction of sp³-hybridized carbons (Fsp3) is 0.156. The van der Waals surface area contributed by atoms with Gasteiger partial charge in [-0.25, -0.2) is 9.79 Å². The number of halogens is 1. The fourth-order valence-corrected chi connectivity index (χ4v) is 6.41. The molecule has 10 nitrogen and oxygen atoms in total. The summed E-state index contributed by atoms with van der Waals surface area (Å²) in [7, 11) is 0. The Labute approximate surface area is 267 Å². The van der Waals surface area contributed by atoms with Crippen LogP contribution in [0, 0.1) is 20.6 Å². The van der Waals surface area contributed by atoms with Crippen molar-refractivity contribution in [2.24, 2.45) is 4.99 Å². The van der Waals surface area contributed by atoms with E-state index < -0.39 is 16.9 Å². The monoisotopic (exact) mass is 721 g/mol. The lowest BCUT2D eigenvalue weighted by molar-refractivity contribution is -0.384. The maximum atomic E-state index is 13.9. The predicted octanol–water partition coefficient (Wildman–Crippen LogP) is 6.14. The van der Waals surface area contributed by atoms with Gasteiger partial charge < -0.3 is 13.6 Å². The van der Waals surface area contributed by atoms with Gasteiger partial charge in [0.25, 0.3) is 11.2 Å². The van der Waals surface area contributed by atoms with Gasteiger partial charge in [-0.3, -0.25) is 19.5 Å². The van der Waals surface area contributed by atoms with Gasteiger partial charge in [0, 0.05) is 32.9 Å². The fourth-order valence-electron chi connectivity index (χ4n) is 5.02. The van der Waals surface area contributed by atoms with Crippen molar-refractivity contribution >= 4 is 51.7 Å². The van der Waals surface area contributed by atoms with E-state index in [0.29, 0.717) is 37.9 Å². The molecule has 12 heteroatoms. The van der Waals surface area contributed by atoms with E-state index in [4.69, 9.17) is 13.6 Å². The Morgan fingerprint density at radius 3 is 2.57 bits per heavy atom. The molecule has 4 heterocycles. The molecule has 6 rings (SSSR count). The number of allylic oxidation sites excluding steroid dienone is 1. The molecule has 0 saturated carbocycles. The van der Waals surface area contributed by atoms with Gasteiger partial charge in [-0.2, -0.15) is 0 Å². The number of carbonyl (C=O) groups is 1. The zero-order valence-corrected chi connectivity index (χ0v) is 26.7. The number of thiazole rings is 1. The molecule has 0 radical (unpaired) electrons. The zero-order valence-electron chi connectivity index (χ0n) is 23.7.